The zero-order chi connectivity index (χ0) is 14.4. The van der Waals surface area contributed by atoms with Crippen LogP contribution >= 0.6 is 0 Å². The average Bonchev–Trinajstić information content (AvgIpc) is 2.96. The summed E-state index contributed by atoms with van der Waals surface area (Å²) in [6.45, 7) is 6.01. The Morgan fingerprint density at radius 3 is 2.70 bits per heavy atom. The average molecular weight is 274 g/mol. The zero-order valence-corrected chi connectivity index (χ0v) is 12.6. The fourth-order valence-corrected chi connectivity index (χ4v) is 2.78. The van der Waals surface area contributed by atoms with Crippen LogP contribution in [0.25, 0.3) is 0 Å². The number of benzene rings is 1. The topological polar surface area (TPSA) is 32.3 Å². The van der Waals surface area contributed by atoms with Gasteiger partial charge in [0, 0.05) is 25.0 Å². The lowest BCUT2D eigenvalue weighted by Gasteiger charge is -2.27. The van der Waals surface area contributed by atoms with Crippen molar-refractivity contribution < 1.29 is 4.79 Å². The van der Waals surface area contributed by atoms with Gasteiger partial charge in [-0.05, 0) is 45.2 Å². The van der Waals surface area contributed by atoms with Crippen molar-refractivity contribution in [3.05, 3.63) is 35.9 Å². The van der Waals surface area contributed by atoms with E-state index in [9.17, 15) is 4.79 Å². The van der Waals surface area contributed by atoms with Gasteiger partial charge in [-0.1, -0.05) is 30.3 Å². The lowest BCUT2D eigenvalue weighted by Crippen LogP contribution is -2.37. The van der Waals surface area contributed by atoms with Gasteiger partial charge in [0.05, 0.1) is 0 Å². The largest absolute Gasteiger partial charge is 0.336 e. The summed E-state index contributed by atoms with van der Waals surface area (Å²) >= 11 is 0. The second-order valence-corrected chi connectivity index (χ2v) is 5.93. The number of carbonyl (C=O) groups excluding carboxylic acids is 1. The van der Waals surface area contributed by atoms with E-state index in [-0.39, 0.29) is 11.9 Å². The van der Waals surface area contributed by atoms with Gasteiger partial charge in [0.2, 0.25) is 5.91 Å². The summed E-state index contributed by atoms with van der Waals surface area (Å²) < 4.78 is 0. The minimum Gasteiger partial charge on any atom is -0.336 e. The first-order valence-corrected chi connectivity index (χ1v) is 7.73. The maximum atomic E-state index is 12.4. The fourth-order valence-electron chi connectivity index (χ4n) is 2.78. The number of carbonyl (C=O) groups is 1. The molecule has 0 saturated carbocycles. The molecule has 0 bridgehead atoms. The number of nitrogens with one attached hydrogen (secondary N) is 1. The van der Waals surface area contributed by atoms with Crippen LogP contribution in [-0.4, -0.2) is 29.4 Å². The van der Waals surface area contributed by atoms with Gasteiger partial charge in [0.25, 0.3) is 0 Å². The Bertz CT molecular complexity index is 410. The molecule has 110 valence electrons. The lowest BCUT2D eigenvalue weighted by atomic mass is 10.1. The molecule has 0 radical (unpaired) electrons. The molecule has 1 unspecified atom stereocenters. The summed E-state index contributed by atoms with van der Waals surface area (Å²) in [6, 6.07) is 11.0. The van der Waals surface area contributed by atoms with Crippen LogP contribution in [0, 0.1) is 0 Å². The molecule has 1 aliphatic rings. The van der Waals surface area contributed by atoms with Crippen LogP contribution in [0.5, 0.6) is 0 Å². The van der Waals surface area contributed by atoms with Gasteiger partial charge in [0.15, 0.2) is 0 Å². The van der Waals surface area contributed by atoms with E-state index in [1.54, 1.807) is 0 Å². The highest BCUT2D eigenvalue weighted by atomic mass is 16.2. The minimum atomic E-state index is 0.249. The molecule has 0 aliphatic carbocycles. The van der Waals surface area contributed by atoms with E-state index in [2.05, 4.69) is 31.3 Å². The summed E-state index contributed by atoms with van der Waals surface area (Å²) in [5, 5.41) is 3.46. The normalized spacial score (nSPS) is 18.4. The number of nitrogens with zero attached hydrogens (tertiary/aromatic N) is 1. The highest BCUT2D eigenvalue weighted by Crippen LogP contribution is 2.15. The Hall–Kier alpha value is -1.35. The third-order valence-electron chi connectivity index (χ3n) is 4.01. The molecule has 1 N–H and O–H groups in total. The highest BCUT2D eigenvalue weighted by Gasteiger charge is 2.20. The predicted octanol–water partition coefficient (Wildman–Crippen LogP) is 2.96. The minimum absolute atomic E-state index is 0.249. The Balaban J connectivity index is 1.88. The number of rotatable bonds is 6. The first-order chi connectivity index (χ1) is 9.66. The van der Waals surface area contributed by atoms with Crippen molar-refractivity contribution >= 4 is 5.91 Å². The van der Waals surface area contributed by atoms with E-state index < -0.39 is 0 Å². The van der Waals surface area contributed by atoms with Crippen LogP contribution in [-0.2, 0) is 11.3 Å². The van der Waals surface area contributed by atoms with Crippen molar-refractivity contribution in [3.8, 4) is 0 Å². The van der Waals surface area contributed by atoms with Crippen LogP contribution in [0.1, 0.15) is 45.1 Å². The zero-order valence-electron chi connectivity index (χ0n) is 12.6. The Labute approximate surface area is 122 Å². The maximum absolute atomic E-state index is 12.4. The molecule has 1 aromatic carbocycles. The van der Waals surface area contributed by atoms with Gasteiger partial charge in [0.1, 0.15) is 0 Å². The molecule has 3 nitrogen and oxygen atoms in total. The Morgan fingerprint density at radius 1 is 1.35 bits per heavy atom. The monoisotopic (exact) mass is 274 g/mol. The van der Waals surface area contributed by atoms with Crippen LogP contribution < -0.4 is 5.32 Å². The van der Waals surface area contributed by atoms with Crippen molar-refractivity contribution in [2.24, 2.45) is 0 Å². The second-order valence-electron chi connectivity index (χ2n) is 5.93. The Morgan fingerprint density at radius 2 is 2.10 bits per heavy atom. The van der Waals surface area contributed by atoms with Crippen molar-refractivity contribution in [3.63, 3.8) is 0 Å². The molecule has 1 saturated heterocycles. The molecule has 1 atom stereocenters. The first kappa shape index (κ1) is 15.0. The molecule has 2 rings (SSSR count). The summed E-state index contributed by atoms with van der Waals surface area (Å²) in [5.74, 6) is 0.276. The standard InChI is InChI=1S/C17H26N2O/c1-14(2)19(13-15-7-4-3-5-8-15)17(20)11-10-16-9-6-12-18-16/h3-5,7-8,14,16,18H,6,9-13H2,1-2H3. The van der Waals surface area contributed by atoms with Crippen LogP contribution in [0.4, 0.5) is 0 Å². The molecular formula is C17H26N2O. The van der Waals surface area contributed by atoms with Gasteiger partial charge < -0.3 is 10.2 Å². The van der Waals surface area contributed by atoms with Crippen LogP contribution in [0.3, 0.4) is 0 Å². The van der Waals surface area contributed by atoms with Crippen molar-refractivity contribution in [1.29, 1.82) is 0 Å². The van der Waals surface area contributed by atoms with Crippen molar-refractivity contribution in [2.45, 2.75) is 58.2 Å². The molecule has 1 fully saturated rings. The second kappa shape index (κ2) is 7.44. The van der Waals surface area contributed by atoms with Crippen LogP contribution in [0.2, 0.25) is 0 Å². The van der Waals surface area contributed by atoms with Crippen molar-refractivity contribution in [1.82, 2.24) is 10.2 Å². The molecule has 1 amide bonds. The quantitative estimate of drug-likeness (QED) is 0.865. The van der Waals surface area contributed by atoms with Crippen molar-refractivity contribution in [2.75, 3.05) is 6.54 Å². The van der Waals surface area contributed by atoms with E-state index in [0.717, 1.165) is 19.5 Å². The molecule has 0 spiro atoms. The molecule has 3 heteroatoms. The molecule has 1 aliphatic heterocycles. The Kier molecular flexibility index (Phi) is 5.60. The predicted molar refractivity (Wildman–Crippen MR) is 82.4 cm³/mol. The number of hydrogen-bond donors (Lipinski definition) is 1. The van der Waals surface area contributed by atoms with E-state index in [1.165, 1.54) is 18.4 Å². The first-order valence-electron chi connectivity index (χ1n) is 7.73. The van der Waals surface area contributed by atoms with Gasteiger partial charge in [-0.25, -0.2) is 0 Å². The maximum Gasteiger partial charge on any atom is 0.223 e. The molecule has 1 heterocycles. The van der Waals surface area contributed by atoms with Gasteiger partial charge >= 0.3 is 0 Å². The summed E-state index contributed by atoms with van der Waals surface area (Å²) in [6.07, 6.45) is 4.09. The highest BCUT2D eigenvalue weighted by molar-refractivity contribution is 5.76. The van der Waals surface area contributed by atoms with E-state index in [1.807, 2.05) is 23.1 Å². The third-order valence-corrected chi connectivity index (χ3v) is 4.01. The number of amides is 1. The SMILES string of the molecule is CC(C)N(Cc1ccccc1)C(=O)CCC1CCCN1. The fraction of sp³-hybridized carbons (Fsp3) is 0.588. The van der Waals surface area contributed by atoms with Gasteiger partial charge in [-0.15, -0.1) is 0 Å². The third kappa shape index (κ3) is 4.34. The number of hydrogen-bond acceptors (Lipinski definition) is 2. The van der Waals surface area contributed by atoms with Crippen LogP contribution in [0.15, 0.2) is 30.3 Å². The van der Waals surface area contributed by atoms with E-state index in [0.29, 0.717) is 12.5 Å². The lowest BCUT2D eigenvalue weighted by molar-refractivity contribution is -0.133. The summed E-state index contributed by atoms with van der Waals surface area (Å²) in [5.41, 5.74) is 1.20. The summed E-state index contributed by atoms with van der Waals surface area (Å²) in [4.78, 5) is 14.4. The smallest absolute Gasteiger partial charge is 0.223 e. The molecule has 0 aromatic heterocycles. The molecule has 20 heavy (non-hydrogen) atoms. The molecule has 1 aromatic rings. The van der Waals surface area contributed by atoms with E-state index >= 15 is 0 Å². The van der Waals surface area contributed by atoms with E-state index in [4.69, 9.17) is 0 Å². The summed E-state index contributed by atoms with van der Waals surface area (Å²) in [7, 11) is 0. The van der Waals surface area contributed by atoms with Gasteiger partial charge in [-0.3, -0.25) is 4.79 Å². The molecular weight excluding hydrogens is 248 g/mol. The van der Waals surface area contributed by atoms with Gasteiger partial charge in [-0.2, -0.15) is 0 Å².